The van der Waals surface area contributed by atoms with Crippen molar-refractivity contribution in [2.45, 2.75) is 13.5 Å². The van der Waals surface area contributed by atoms with Crippen molar-refractivity contribution in [3.05, 3.63) is 86.9 Å². The first-order valence-corrected chi connectivity index (χ1v) is 8.76. The Morgan fingerprint density at radius 2 is 1.85 bits per heavy atom. The Hall–Kier alpha value is -2.70. The molecule has 0 fully saturated rings. The number of nitrogens with zero attached hydrogens (tertiary/aromatic N) is 3. The first-order chi connectivity index (χ1) is 12.9. The van der Waals surface area contributed by atoms with Gasteiger partial charge < -0.3 is 0 Å². The number of aryl methyl sites for hydroxylation is 1. The van der Waals surface area contributed by atoms with Gasteiger partial charge in [-0.05, 0) is 48.9 Å². The van der Waals surface area contributed by atoms with Gasteiger partial charge in [0.05, 0.1) is 24.0 Å². The maximum absolute atomic E-state index is 12.9. The van der Waals surface area contributed by atoms with Crippen LogP contribution in [0, 0.1) is 12.7 Å². The Labute approximate surface area is 165 Å². The van der Waals surface area contributed by atoms with Gasteiger partial charge in [0.2, 0.25) is 0 Å². The quantitative estimate of drug-likeness (QED) is 0.504. The first-order valence-electron chi connectivity index (χ1n) is 8.00. The van der Waals surface area contributed by atoms with Crippen molar-refractivity contribution in [1.29, 1.82) is 0 Å². The molecule has 0 atom stereocenters. The summed E-state index contributed by atoms with van der Waals surface area (Å²) in [5, 5.41) is 9.38. The Bertz CT molecular complexity index is 982. The molecule has 1 aromatic heterocycles. The van der Waals surface area contributed by atoms with Gasteiger partial charge in [-0.25, -0.2) is 14.5 Å². The molecule has 0 radical (unpaired) electrons. The number of halogens is 3. The van der Waals surface area contributed by atoms with E-state index in [1.165, 1.54) is 30.5 Å². The number of carbonyl (C=O) groups is 1. The van der Waals surface area contributed by atoms with Crippen LogP contribution < -0.4 is 5.43 Å². The molecule has 0 spiro atoms. The van der Waals surface area contributed by atoms with Crippen LogP contribution in [0.2, 0.25) is 10.2 Å². The molecular weight excluding hydrogens is 390 g/mol. The molecule has 0 aliphatic carbocycles. The molecule has 0 unspecified atom stereocenters. The van der Waals surface area contributed by atoms with E-state index in [2.05, 4.69) is 15.6 Å². The standard InChI is InChI=1S/C19H15Cl2FN4O/c1-12-17(10-23-24-19(27)14-4-8-16(22)9-5-14)18(21)26(25-12)11-13-2-6-15(20)7-3-13/h2-10H,11H2,1H3,(H,24,27)/b23-10-. The fourth-order valence-corrected chi connectivity index (χ4v) is 2.81. The number of carbonyl (C=O) groups excluding carboxylic acids is 1. The molecule has 5 nitrogen and oxygen atoms in total. The van der Waals surface area contributed by atoms with Crippen LogP contribution in [0.1, 0.15) is 27.2 Å². The van der Waals surface area contributed by atoms with E-state index in [-0.39, 0.29) is 0 Å². The zero-order valence-electron chi connectivity index (χ0n) is 14.3. The summed E-state index contributed by atoms with van der Waals surface area (Å²) in [5.41, 5.74) is 4.96. The Morgan fingerprint density at radius 3 is 2.52 bits per heavy atom. The van der Waals surface area contributed by atoms with Crippen LogP contribution in [0.4, 0.5) is 4.39 Å². The highest BCUT2D eigenvalue weighted by Crippen LogP contribution is 2.20. The monoisotopic (exact) mass is 404 g/mol. The highest BCUT2D eigenvalue weighted by molar-refractivity contribution is 6.32. The van der Waals surface area contributed by atoms with Crippen molar-refractivity contribution in [1.82, 2.24) is 15.2 Å². The number of hydrazone groups is 1. The molecular formula is C19H15Cl2FN4O. The largest absolute Gasteiger partial charge is 0.271 e. The summed E-state index contributed by atoms with van der Waals surface area (Å²) >= 11 is 12.3. The van der Waals surface area contributed by atoms with Gasteiger partial charge in [-0.3, -0.25) is 4.79 Å². The Kier molecular flexibility index (Phi) is 5.88. The molecule has 3 rings (SSSR count). The molecule has 8 heteroatoms. The lowest BCUT2D eigenvalue weighted by molar-refractivity contribution is 0.0955. The van der Waals surface area contributed by atoms with Gasteiger partial charge in [0.15, 0.2) is 0 Å². The first kappa shape index (κ1) is 19.1. The average Bonchev–Trinajstić information content (AvgIpc) is 2.91. The molecule has 0 aliphatic heterocycles. The summed E-state index contributed by atoms with van der Waals surface area (Å²) < 4.78 is 14.5. The number of hydrogen-bond acceptors (Lipinski definition) is 3. The van der Waals surface area contributed by atoms with E-state index < -0.39 is 11.7 Å². The number of amides is 1. The molecule has 1 heterocycles. The lowest BCUT2D eigenvalue weighted by atomic mass is 10.2. The number of aromatic nitrogens is 2. The number of hydrogen-bond donors (Lipinski definition) is 1. The van der Waals surface area contributed by atoms with Gasteiger partial charge >= 0.3 is 0 Å². The van der Waals surface area contributed by atoms with Gasteiger partial charge in [-0.2, -0.15) is 10.2 Å². The van der Waals surface area contributed by atoms with E-state index >= 15 is 0 Å². The van der Waals surface area contributed by atoms with Crippen molar-refractivity contribution in [2.75, 3.05) is 0 Å². The third-order valence-corrected chi connectivity index (χ3v) is 4.47. The van der Waals surface area contributed by atoms with E-state index in [0.29, 0.717) is 33.5 Å². The van der Waals surface area contributed by atoms with Crippen LogP contribution in [0.5, 0.6) is 0 Å². The molecule has 0 aliphatic rings. The molecule has 138 valence electrons. The number of rotatable bonds is 5. The van der Waals surface area contributed by atoms with Gasteiger partial charge in [-0.15, -0.1) is 0 Å². The van der Waals surface area contributed by atoms with Crippen molar-refractivity contribution in [3.8, 4) is 0 Å². The molecule has 0 saturated heterocycles. The van der Waals surface area contributed by atoms with Crippen molar-refractivity contribution >= 4 is 35.3 Å². The average molecular weight is 405 g/mol. The predicted octanol–water partition coefficient (Wildman–Crippen LogP) is 4.45. The van der Waals surface area contributed by atoms with Crippen molar-refractivity contribution in [3.63, 3.8) is 0 Å². The van der Waals surface area contributed by atoms with E-state index in [1.54, 1.807) is 23.7 Å². The second-order valence-corrected chi connectivity index (χ2v) is 6.57. The minimum atomic E-state index is -0.450. The van der Waals surface area contributed by atoms with E-state index in [0.717, 1.165) is 5.56 Å². The summed E-state index contributed by atoms with van der Waals surface area (Å²) in [6.45, 7) is 2.28. The zero-order chi connectivity index (χ0) is 19.4. The third kappa shape index (κ3) is 4.72. The summed E-state index contributed by atoms with van der Waals surface area (Å²) in [4.78, 5) is 12.0. The highest BCUT2D eigenvalue weighted by Gasteiger charge is 2.12. The van der Waals surface area contributed by atoms with E-state index in [9.17, 15) is 9.18 Å². The second-order valence-electron chi connectivity index (χ2n) is 5.78. The number of benzene rings is 2. The topological polar surface area (TPSA) is 59.3 Å². The molecule has 2 aromatic carbocycles. The van der Waals surface area contributed by atoms with Crippen LogP contribution in [0.15, 0.2) is 53.6 Å². The van der Waals surface area contributed by atoms with E-state index in [1.807, 2.05) is 12.1 Å². The fraction of sp³-hybridized carbons (Fsp3) is 0.105. The SMILES string of the molecule is Cc1nn(Cc2ccc(Cl)cc2)c(Cl)c1/C=N\NC(=O)c1ccc(F)cc1. The van der Waals surface area contributed by atoms with Crippen LogP contribution in [-0.2, 0) is 6.54 Å². The van der Waals surface area contributed by atoms with Crippen LogP contribution in [-0.4, -0.2) is 21.9 Å². The normalized spacial score (nSPS) is 11.1. The molecule has 27 heavy (non-hydrogen) atoms. The predicted molar refractivity (Wildman–Crippen MR) is 104 cm³/mol. The van der Waals surface area contributed by atoms with E-state index in [4.69, 9.17) is 23.2 Å². The molecule has 1 N–H and O–H groups in total. The summed E-state index contributed by atoms with van der Waals surface area (Å²) in [5.74, 6) is -0.862. The Morgan fingerprint density at radius 1 is 1.19 bits per heavy atom. The summed E-state index contributed by atoms with van der Waals surface area (Å²) in [6, 6.07) is 12.6. The minimum Gasteiger partial charge on any atom is -0.267 e. The smallest absolute Gasteiger partial charge is 0.267 e. The van der Waals surface area contributed by atoms with Crippen LogP contribution in [0.3, 0.4) is 0 Å². The molecule has 0 bridgehead atoms. The van der Waals surface area contributed by atoms with Gasteiger partial charge in [-0.1, -0.05) is 35.3 Å². The Balaban J connectivity index is 1.70. The lowest BCUT2D eigenvalue weighted by Crippen LogP contribution is -2.17. The highest BCUT2D eigenvalue weighted by atomic mass is 35.5. The van der Waals surface area contributed by atoms with Crippen LogP contribution >= 0.6 is 23.2 Å². The van der Waals surface area contributed by atoms with Gasteiger partial charge in [0, 0.05) is 10.6 Å². The molecule has 3 aromatic rings. The summed E-state index contributed by atoms with van der Waals surface area (Å²) in [7, 11) is 0. The number of nitrogens with one attached hydrogen (secondary N) is 1. The molecule has 0 saturated carbocycles. The maximum atomic E-state index is 12.9. The van der Waals surface area contributed by atoms with Crippen LogP contribution in [0.25, 0.3) is 0 Å². The van der Waals surface area contributed by atoms with Gasteiger partial charge in [0.1, 0.15) is 11.0 Å². The molecule has 1 amide bonds. The third-order valence-electron chi connectivity index (χ3n) is 3.82. The lowest BCUT2D eigenvalue weighted by Gasteiger charge is -2.03. The minimum absolute atomic E-state index is 0.301. The second kappa shape index (κ2) is 8.33. The fourth-order valence-electron chi connectivity index (χ4n) is 2.40. The maximum Gasteiger partial charge on any atom is 0.271 e. The van der Waals surface area contributed by atoms with Crippen molar-refractivity contribution in [2.24, 2.45) is 5.10 Å². The van der Waals surface area contributed by atoms with Gasteiger partial charge in [0.25, 0.3) is 5.91 Å². The van der Waals surface area contributed by atoms with Crippen molar-refractivity contribution < 1.29 is 9.18 Å². The zero-order valence-corrected chi connectivity index (χ0v) is 15.8. The summed E-state index contributed by atoms with van der Waals surface area (Å²) in [6.07, 6.45) is 1.43.